The number of carboxylic acid groups (broad SMARTS) is 2. The Labute approximate surface area is 113 Å². The van der Waals surface area contributed by atoms with Gasteiger partial charge in [0.25, 0.3) is 5.56 Å². The topological polar surface area (TPSA) is 109 Å². The highest BCUT2D eigenvalue weighted by molar-refractivity contribution is 5.92. The third-order valence-electron chi connectivity index (χ3n) is 2.99. The Balaban J connectivity index is 2.26. The number of carboxylic acids is 2. The van der Waals surface area contributed by atoms with E-state index < -0.39 is 17.9 Å². The van der Waals surface area contributed by atoms with Crippen molar-refractivity contribution in [1.82, 2.24) is 9.78 Å². The number of carbonyl (C=O) groups is 2. The van der Waals surface area contributed by atoms with Crippen molar-refractivity contribution in [3.63, 3.8) is 0 Å². The molecule has 0 spiro atoms. The molecule has 0 aliphatic carbocycles. The highest BCUT2D eigenvalue weighted by atomic mass is 16.4. The van der Waals surface area contributed by atoms with Gasteiger partial charge in [-0.2, -0.15) is 5.10 Å². The summed E-state index contributed by atoms with van der Waals surface area (Å²) in [6, 6.07) is 6.87. The first-order valence-corrected chi connectivity index (χ1v) is 5.91. The highest BCUT2D eigenvalue weighted by Gasteiger charge is 2.25. The molecule has 1 heterocycles. The van der Waals surface area contributed by atoms with Gasteiger partial charge in [-0.25, -0.2) is 4.68 Å². The lowest BCUT2D eigenvalue weighted by Gasteiger charge is -2.09. The van der Waals surface area contributed by atoms with Crippen LogP contribution >= 0.6 is 0 Å². The van der Waals surface area contributed by atoms with Gasteiger partial charge < -0.3 is 10.2 Å². The molecule has 0 saturated heterocycles. The van der Waals surface area contributed by atoms with E-state index in [0.717, 1.165) is 4.68 Å². The van der Waals surface area contributed by atoms with Crippen molar-refractivity contribution in [2.75, 3.05) is 0 Å². The largest absolute Gasteiger partial charge is 0.481 e. The van der Waals surface area contributed by atoms with Crippen molar-refractivity contribution < 1.29 is 19.8 Å². The van der Waals surface area contributed by atoms with Gasteiger partial charge in [-0.1, -0.05) is 18.2 Å². The zero-order valence-electron chi connectivity index (χ0n) is 10.4. The number of hydrogen-bond acceptors (Lipinski definition) is 4. The molecule has 104 valence electrons. The monoisotopic (exact) mass is 276 g/mol. The molecule has 7 nitrogen and oxygen atoms in total. The van der Waals surface area contributed by atoms with Gasteiger partial charge in [-0.05, 0) is 12.5 Å². The summed E-state index contributed by atoms with van der Waals surface area (Å²) in [5, 5.41) is 22.6. The number of nitrogens with zero attached hydrogens (tertiary/aromatic N) is 2. The molecule has 0 amide bonds. The molecule has 2 N–H and O–H groups in total. The van der Waals surface area contributed by atoms with Gasteiger partial charge in [0, 0.05) is 11.9 Å². The average Bonchev–Trinajstić information content (AvgIpc) is 2.41. The fourth-order valence-electron chi connectivity index (χ4n) is 1.89. The SMILES string of the molecule is O=C(O)C(CCn1ncc2ccccc2c1=O)C(=O)O. The molecule has 1 aromatic heterocycles. The quantitative estimate of drug-likeness (QED) is 0.773. The fourth-order valence-corrected chi connectivity index (χ4v) is 1.89. The van der Waals surface area contributed by atoms with Crippen molar-refractivity contribution >= 4 is 22.7 Å². The maximum atomic E-state index is 12.1. The van der Waals surface area contributed by atoms with Gasteiger partial charge in [0.05, 0.1) is 11.6 Å². The van der Waals surface area contributed by atoms with Crippen LogP contribution in [-0.4, -0.2) is 31.9 Å². The molecule has 0 radical (unpaired) electrons. The van der Waals surface area contributed by atoms with Gasteiger partial charge >= 0.3 is 11.9 Å². The highest BCUT2D eigenvalue weighted by Crippen LogP contribution is 2.08. The molecule has 0 aliphatic rings. The number of aryl methyl sites for hydroxylation is 1. The van der Waals surface area contributed by atoms with E-state index in [2.05, 4.69) is 5.10 Å². The molecule has 7 heteroatoms. The zero-order valence-corrected chi connectivity index (χ0v) is 10.4. The lowest BCUT2D eigenvalue weighted by Crippen LogP contribution is -2.29. The number of aliphatic carboxylic acids is 2. The summed E-state index contributed by atoms with van der Waals surface area (Å²) >= 11 is 0. The second kappa shape index (κ2) is 5.52. The van der Waals surface area contributed by atoms with Crippen LogP contribution in [0.3, 0.4) is 0 Å². The fraction of sp³-hybridized carbons (Fsp3) is 0.231. The first kappa shape index (κ1) is 13.7. The summed E-state index contributed by atoms with van der Waals surface area (Å²) < 4.78 is 1.08. The van der Waals surface area contributed by atoms with Gasteiger partial charge in [0.2, 0.25) is 0 Å². The Morgan fingerprint density at radius 2 is 1.85 bits per heavy atom. The predicted molar refractivity (Wildman–Crippen MR) is 69.4 cm³/mol. The number of fused-ring (bicyclic) bond motifs is 1. The maximum Gasteiger partial charge on any atom is 0.317 e. The van der Waals surface area contributed by atoms with E-state index in [-0.39, 0.29) is 18.5 Å². The van der Waals surface area contributed by atoms with E-state index in [4.69, 9.17) is 10.2 Å². The van der Waals surface area contributed by atoms with Crippen molar-refractivity contribution in [3.8, 4) is 0 Å². The molecule has 0 bridgehead atoms. The lowest BCUT2D eigenvalue weighted by atomic mass is 10.1. The van der Waals surface area contributed by atoms with Crippen LogP contribution in [0, 0.1) is 5.92 Å². The summed E-state index contributed by atoms with van der Waals surface area (Å²) in [5.74, 6) is -4.40. The second-order valence-corrected chi connectivity index (χ2v) is 4.28. The van der Waals surface area contributed by atoms with Crippen LogP contribution in [0.5, 0.6) is 0 Å². The standard InChI is InChI=1S/C13H12N2O5/c16-11-9-4-2-1-3-8(9)7-14-15(11)6-5-10(12(17)18)13(19)20/h1-4,7,10H,5-6H2,(H,17,18)(H,19,20). The van der Waals surface area contributed by atoms with E-state index in [9.17, 15) is 14.4 Å². The summed E-state index contributed by atoms with van der Waals surface area (Å²) in [6.45, 7) is -0.0626. The van der Waals surface area contributed by atoms with Crippen LogP contribution in [0.25, 0.3) is 10.8 Å². The van der Waals surface area contributed by atoms with Crippen LogP contribution in [0.2, 0.25) is 0 Å². The molecular weight excluding hydrogens is 264 g/mol. The molecule has 2 rings (SSSR count). The molecule has 20 heavy (non-hydrogen) atoms. The normalized spacial score (nSPS) is 10.8. The Kier molecular flexibility index (Phi) is 3.79. The summed E-state index contributed by atoms with van der Waals surface area (Å²) in [6.07, 6.45) is 1.29. The molecule has 0 unspecified atom stereocenters. The maximum absolute atomic E-state index is 12.1. The Hall–Kier alpha value is -2.70. The number of aromatic nitrogens is 2. The van der Waals surface area contributed by atoms with Crippen LogP contribution in [0.1, 0.15) is 6.42 Å². The van der Waals surface area contributed by atoms with E-state index in [1.54, 1.807) is 24.3 Å². The molecule has 0 saturated carbocycles. The van der Waals surface area contributed by atoms with Gasteiger partial charge in [-0.3, -0.25) is 14.4 Å². The van der Waals surface area contributed by atoms with E-state index in [1.165, 1.54) is 6.20 Å². The number of hydrogen-bond donors (Lipinski definition) is 2. The third-order valence-corrected chi connectivity index (χ3v) is 2.99. The molecule has 2 aromatic rings. The van der Waals surface area contributed by atoms with Crippen LogP contribution in [0.15, 0.2) is 35.3 Å². The number of rotatable bonds is 5. The third kappa shape index (κ3) is 2.66. The Morgan fingerprint density at radius 1 is 1.20 bits per heavy atom. The van der Waals surface area contributed by atoms with Crippen molar-refractivity contribution in [2.45, 2.75) is 13.0 Å². The molecule has 0 fully saturated rings. The predicted octanol–water partition coefficient (Wildman–Crippen LogP) is 0.572. The number of benzene rings is 1. The van der Waals surface area contributed by atoms with Crippen LogP contribution in [0.4, 0.5) is 0 Å². The van der Waals surface area contributed by atoms with Crippen LogP contribution in [-0.2, 0) is 16.1 Å². The van der Waals surface area contributed by atoms with Gasteiger partial charge in [0.15, 0.2) is 5.92 Å². The van der Waals surface area contributed by atoms with E-state index in [0.29, 0.717) is 10.8 Å². The smallest absolute Gasteiger partial charge is 0.317 e. The zero-order chi connectivity index (χ0) is 14.7. The van der Waals surface area contributed by atoms with Crippen molar-refractivity contribution in [1.29, 1.82) is 0 Å². The molecule has 0 aliphatic heterocycles. The van der Waals surface area contributed by atoms with E-state index >= 15 is 0 Å². The Morgan fingerprint density at radius 3 is 2.50 bits per heavy atom. The second-order valence-electron chi connectivity index (χ2n) is 4.28. The average molecular weight is 276 g/mol. The minimum absolute atomic E-state index is 0.0626. The summed E-state index contributed by atoms with van der Waals surface area (Å²) in [7, 11) is 0. The van der Waals surface area contributed by atoms with Gasteiger partial charge in [-0.15, -0.1) is 0 Å². The molecule has 1 aromatic carbocycles. The minimum atomic E-state index is -1.55. The summed E-state index contributed by atoms with van der Waals surface area (Å²) in [5.41, 5.74) is -0.363. The van der Waals surface area contributed by atoms with Crippen molar-refractivity contribution in [3.05, 3.63) is 40.8 Å². The van der Waals surface area contributed by atoms with Gasteiger partial charge in [0.1, 0.15) is 0 Å². The molecular formula is C13H12N2O5. The first-order chi connectivity index (χ1) is 9.50. The summed E-state index contributed by atoms with van der Waals surface area (Å²) in [4.78, 5) is 33.6. The van der Waals surface area contributed by atoms with E-state index in [1.807, 2.05) is 0 Å². The minimum Gasteiger partial charge on any atom is -0.481 e. The van der Waals surface area contributed by atoms with Crippen molar-refractivity contribution in [2.24, 2.45) is 5.92 Å². The molecule has 0 atom stereocenters. The van der Waals surface area contributed by atoms with Crippen LogP contribution < -0.4 is 5.56 Å². The first-order valence-electron chi connectivity index (χ1n) is 5.91. The lowest BCUT2D eigenvalue weighted by molar-refractivity contribution is -0.154. The Bertz CT molecular complexity index is 708.